The molecular weight excluding hydrogens is 374 g/mol. The number of amides is 2. The van der Waals surface area contributed by atoms with Gasteiger partial charge >= 0.3 is 0 Å². The largest absolute Gasteiger partial charge is 0.493 e. The minimum atomic E-state index is 0.0000584. The van der Waals surface area contributed by atoms with E-state index in [2.05, 4.69) is 10.2 Å². The molecule has 0 aromatic heterocycles. The van der Waals surface area contributed by atoms with Crippen LogP contribution in [-0.4, -0.2) is 87.8 Å². The highest BCUT2D eigenvalue weighted by Crippen LogP contribution is 2.27. The molecule has 8 nitrogen and oxygen atoms in total. The van der Waals surface area contributed by atoms with E-state index in [1.807, 2.05) is 23.1 Å². The van der Waals surface area contributed by atoms with Crippen LogP contribution in [0.1, 0.15) is 18.4 Å². The first kappa shape index (κ1) is 21.4. The summed E-state index contributed by atoms with van der Waals surface area (Å²) in [5.74, 6) is 1.44. The Kier molecular flexibility index (Phi) is 7.71. The minimum absolute atomic E-state index is 0.0000584. The van der Waals surface area contributed by atoms with E-state index in [1.54, 1.807) is 14.2 Å². The molecule has 0 atom stereocenters. The molecule has 2 amide bonds. The first-order valence-electron chi connectivity index (χ1n) is 10.2. The fourth-order valence-electron chi connectivity index (χ4n) is 3.79. The van der Waals surface area contributed by atoms with Gasteiger partial charge in [-0.3, -0.25) is 14.5 Å². The molecule has 2 saturated heterocycles. The lowest BCUT2D eigenvalue weighted by atomic mass is 10.0. The van der Waals surface area contributed by atoms with Crippen molar-refractivity contribution in [1.29, 1.82) is 0 Å². The minimum Gasteiger partial charge on any atom is -0.493 e. The lowest BCUT2D eigenvalue weighted by Crippen LogP contribution is -2.50. The predicted octanol–water partition coefficient (Wildman–Crippen LogP) is 0.686. The van der Waals surface area contributed by atoms with Crippen LogP contribution in [0.15, 0.2) is 18.2 Å². The Bertz CT molecular complexity index is 698. The SMILES string of the molecule is COc1ccc(CC(=O)NC2CCN(CC(=O)N3CCOCC3)CC2)cc1OC. The van der Waals surface area contributed by atoms with Gasteiger partial charge in [-0.25, -0.2) is 0 Å². The van der Waals surface area contributed by atoms with Gasteiger partial charge in [0.15, 0.2) is 11.5 Å². The molecule has 8 heteroatoms. The quantitative estimate of drug-likeness (QED) is 0.719. The predicted molar refractivity (Wildman–Crippen MR) is 108 cm³/mol. The third kappa shape index (κ3) is 6.08. The summed E-state index contributed by atoms with van der Waals surface area (Å²) in [6.07, 6.45) is 2.01. The number of rotatable bonds is 7. The fourth-order valence-corrected chi connectivity index (χ4v) is 3.79. The van der Waals surface area contributed by atoms with Gasteiger partial charge in [0.1, 0.15) is 0 Å². The number of piperidine rings is 1. The van der Waals surface area contributed by atoms with E-state index in [9.17, 15) is 9.59 Å². The number of ether oxygens (including phenoxy) is 3. The topological polar surface area (TPSA) is 80.3 Å². The zero-order chi connectivity index (χ0) is 20.6. The van der Waals surface area contributed by atoms with Gasteiger partial charge < -0.3 is 24.4 Å². The molecule has 2 heterocycles. The van der Waals surface area contributed by atoms with Gasteiger partial charge in [-0.2, -0.15) is 0 Å². The maximum Gasteiger partial charge on any atom is 0.236 e. The molecule has 0 spiro atoms. The molecule has 0 saturated carbocycles. The van der Waals surface area contributed by atoms with Crippen molar-refractivity contribution in [2.24, 2.45) is 0 Å². The van der Waals surface area contributed by atoms with Gasteiger partial charge in [0, 0.05) is 32.2 Å². The lowest BCUT2D eigenvalue weighted by Gasteiger charge is -2.34. The van der Waals surface area contributed by atoms with Crippen LogP contribution in [0.5, 0.6) is 11.5 Å². The average Bonchev–Trinajstić information content (AvgIpc) is 2.75. The molecular formula is C21H31N3O5. The zero-order valence-electron chi connectivity index (χ0n) is 17.3. The number of hydrogen-bond acceptors (Lipinski definition) is 6. The van der Waals surface area contributed by atoms with Crippen molar-refractivity contribution in [2.45, 2.75) is 25.3 Å². The Morgan fingerprint density at radius 1 is 1.07 bits per heavy atom. The summed E-state index contributed by atoms with van der Waals surface area (Å²) in [5, 5.41) is 3.12. The number of benzene rings is 1. The van der Waals surface area contributed by atoms with Gasteiger partial charge in [0.05, 0.1) is 40.4 Å². The number of carbonyl (C=O) groups is 2. The van der Waals surface area contributed by atoms with Crippen LogP contribution in [0, 0.1) is 0 Å². The van der Waals surface area contributed by atoms with Crippen molar-refractivity contribution in [2.75, 3.05) is 60.2 Å². The Morgan fingerprint density at radius 2 is 1.76 bits per heavy atom. The van der Waals surface area contributed by atoms with Crippen LogP contribution in [0.4, 0.5) is 0 Å². The first-order valence-corrected chi connectivity index (χ1v) is 10.2. The summed E-state index contributed by atoms with van der Waals surface area (Å²) in [6.45, 7) is 4.70. The molecule has 1 N–H and O–H groups in total. The molecule has 1 aromatic carbocycles. The first-order chi connectivity index (χ1) is 14.1. The van der Waals surface area contributed by atoms with E-state index >= 15 is 0 Å². The Hall–Kier alpha value is -2.32. The summed E-state index contributed by atoms with van der Waals surface area (Å²) in [7, 11) is 3.17. The van der Waals surface area contributed by atoms with Crippen LogP contribution >= 0.6 is 0 Å². The van der Waals surface area contributed by atoms with Crippen molar-refractivity contribution in [3.63, 3.8) is 0 Å². The molecule has 160 valence electrons. The van der Waals surface area contributed by atoms with Crippen molar-refractivity contribution >= 4 is 11.8 Å². The second-order valence-electron chi connectivity index (χ2n) is 7.48. The van der Waals surface area contributed by atoms with Gasteiger partial charge in [0.25, 0.3) is 0 Å². The highest BCUT2D eigenvalue weighted by Gasteiger charge is 2.24. The lowest BCUT2D eigenvalue weighted by molar-refractivity contribution is -0.137. The highest BCUT2D eigenvalue weighted by atomic mass is 16.5. The van der Waals surface area contributed by atoms with E-state index in [-0.39, 0.29) is 17.9 Å². The van der Waals surface area contributed by atoms with Gasteiger partial charge in [-0.05, 0) is 30.5 Å². The standard InChI is InChI=1S/C21H31N3O5/c1-27-18-4-3-16(13-19(18)28-2)14-20(25)22-17-5-7-23(8-6-17)15-21(26)24-9-11-29-12-10-24/h3-4,13,17H,5-12,14-15H2,1-2H3,(H,22,25). The molecule has 0 radical (unpaired) electrons. The van der Waals surface area contributed by atoms with Crippen molar-refractivity contribution in [1.82, 2.24) is 15.1 Å². The summed E-state index contributed by atoms with van der Waals surface area (Å²) >= 11 is 0. The van der Waals surface area contributed by atoms with Gasteiger partial charge in [-0.15, -0.1) is 0 Å². The number of likely N-dealkylation sites (tertiary alicyclic amines) is 1. The molecule has 2 aliphatic heterocycles. The second kappa shape index (κ2) is 10.5. The van der Waals surface area contributed by atoms with E-state index in [0.717, 1.165) is 31.5 Å². The van der Waals surface area contributed by atoms with E-state index < -0.39 is 0 Å². The monoisotopic (exact) mass is 405 g/mol. The van der Waals surface area contributed by atoms with Crippen molar-refractivity contribution < 1.29 is 23.8 Å². The molecule has 2 aliphatic rings. The molecule has 3 rings (SSSR count). The molecule has 1 aromatic rings. The number of methoxy groups -OCH3 is 2. The Labute approximate surface area is 172 Å². The van der Waals surface area contributed by atoms with E-state index in [4.69, 9.17) is 14.2 Å². The van der Waals surface area contributed by atoms with Gasteiger partial charge in [0.2, 0.25) is 11.8 Å². The van der Waals surface area contributed by atoms with E-state index in [0.29, 0.717) is 50.8 Å². The molecule has 0 unspecified atom stereocenters. The normalized spacial score (nSPS) is 18.3. The number of carbonyl (C=O) groups excluding carboxylic acids is 2. The fraction of sp³-hybridized carbons (Fsp3) is 0.619. The molecule has 0 aliphatic carbocycles. The maximum atomic E-state index is 12.4. The van der Waals surface area contributed by atoms with Crippen LogP contribution in [-0.2, 0) is 20.7 Å². The van der Waals surface area contributed by atoms with Crippen LogP contribution in [0.25, 0.3) is 0 Å². The number of nitrogens with zero attached hydrogens (tertiary/aromatic N) is 2. The number of morpholine rings is 1. The van der Waals surface area contributed by atoms with Crippen LogP contribution in [0.3, 0.4) is 0 Å². The van der Waals surface area contributed by atoms with Crippen LogP contribution < -0.4 is 14.8 Å². The number of hydrogen-bond donors (Lipinski definition) is 1. The maximum absolute atomic E-state index is 12.4. The second-order valence-corrected chi connectivity index (χ2v) is 7.48. The Balaban J connectivity index is 1.41. The summed E-state index contributed by atoms with van der Waals surface area (Å²) in [6, 6.07) is 5.67. The number of nitrogens with one attached hydrogen (secondary N) is 1. The zero-order valence-corrected chi connectivity index (χ0v) is 17.3. The average molecular weight is 405 g/mol. The summed E-state index contributed by atoms with van der Waals surface area (Å²) < 4.78 is 15.8. The molecule has 0 bridgehead atoms. The third-order valence-corrected chi connectivity index (χ3v) is 5.49. The summed E-state index contributed by atoms with van der Waals surface area (Å²) in [4.78, 5) is 28.8. The smallest absolute Gasteiger partial charge is 0.236 e. The van der Waals surface area contributed by atoms with E-state index in [1.165, 1.54) is 0 Å². The third-order valence-electron chi connectivity index (χ3n) is 5.49. The van der Waals surface area contributed by atoms with Crippen molar-refractivity contribution in [3.8, 4) is 11.5 Å². The Morgan fingerprint density at radius 3 is 2.41 bits per heavy atom. The van der Waals surface area contributed by atoms with Gasteiger partial charge in [-0.1, -0.05) is 6.07 Å². The molecule has 2 fully saturated rings. The van der Waals surface area contributed by atoms with Crippen LogP contribution in [0.2, 0.25) is 0 Å². The highest BCUT2D eigenvalue weighted by molar-refractivity contribution is 5.79. The van der Waals surface area contributed by atoms with Crippen molar-refractivity contribution in [3.05, 3.63) is 23.8 Å². The summed E-state index contributed by atoms with van der Waals surface area (Å²) in [5.41, 5.74) is 0.883. The molecule has 29 heavy (non-hydrogen) atoms.